The molecule has 3 nitrogen and oxygen atoms in total. The summed E-state index contributed by atoms with van der Waals surface area (Å²) in [5.41, 5.74) is 1.22. The molecular formula is C14H21NO2. The smallest absolute Gasteiger partial charge is 0.123 e. The second kappa shape index (κ2) is 5.92. The lowest BCUT2D eigenvalue weighted by molar-refractivity contribution is 0.388. The molecule has 1 unspecified atom stereocenters. The van der Waals surface area contributed by atoms with Crippen molar-refractivity contribution in [3.63, 3.8) is 0 Å². The van der Waals surface area contributed by atoms with Gasteiger partial charge in [-0.2, -0.15) is 0 Å². The summed E-state index contributed by atoms with van der Waals surface area (Å²) in [6.45, 7) is 1.09. The maximum atomic E-state index is 5.44. The number of ether oxygens (including phenoxy) is 2. The van der Waals surface area contributed by atoms with Gasteiger partial charge in [0.1, 0.15) is 11.5 Å². The standard InChI is InChI=1S/C14H21NO2/c1-16-11-7-8-14(17-2)12(10-11)13-6-4-3-5-9-15-13/h7-8,10,13,15H,3-6,9H2,1-2H3. The van der Waals surface area contributed by atoms with Gasteiger partial charge < -0.3 is 14.8 Å². The van der Waals surface area contributed by atoms with Gasteiger partial charge in [0, 0.05) is 11.6 Å². The van der Waals surface area contributed by atoms with Crippen LogP contribution in [-0.4, -0.2) is 20.8 Å². The monoisotopic (exact) mass is 235 g/mol. The fourth-order valence-corrected chi connectivity index (χ4v) is 2.41. The molecule has 94 valence electrons. The van der Waals surface area contributed by atoms with E-state index in [1.165, 1.54) is 31.2 Å². The van der Waals surface area contributed by atoms with E-state index in [1.54, 1.807) is 14.2 Å². The fourth-order valence-electron chi connectivity index (χ4n) is 2.41. The molecule has 1 aromatic rings. The van der Waals surface area contributed by atoms with Crippen LogP contribution in [0.4, 0.5) is 0 Å². The molecule has 3 heteroatoms. The van der Waals surface area contributed by atoms with Crippen LogP contribution in [0.1, 0.15) is 37.3 Å². The second-order valence-electron chi connectivity index (χ2n) is 4.46. The number of hydrogen-bond donors (Lipinski definition) is 1. The first kappa shape index (κ1) is 12.2. The quantitative estimate of drug-likeness (QED) is 0.873. The summed E-state index contributed by atoms with van der Waals surface area (Å²) in [6.07, 6.45) is 5.03. The molecule has 1 aliphatic heterocycles. The van der Waals surface area contributed by atoms with Crippen molar-refractivity contribution >= 4 is 0 Å². The Bertz CT molecular complexity index is 357. The summed E-state index contributed by atoms with van der Waals surface area (Å²) in [7, 11) is 3.42. The van der Waals surface area contributed by atoms with E-state index >= 15 is 0 Å². The molecule has 1 aromatic carbocycles. The third kappa shape index (κ3) is 2.91. The van der Waals surface area contributed by atoms with Crippen LogP contribution < -0.4 is 14.8 Å². The number of rotatable bonds is 3. The normalized spacial score (nSPS) is 20.7. The first-order chi connectivity index (χ1) is 8.35. The van der Waals surface area contributed by atoms with E-state index < -0.39 is 0 Å². The maximum absolute atomic E-state index is 5.44. The minimum Gasteiger partial charge on any atom is -0.497 e. The number of benzene rings is 1. The van der Waals surface area contributed by atoms with Gasteiger partial charge in [-0.25, -0.2) is 0 Å². The minimum absolute atomic E-state index is 0.391. The van der Waals surface area contributed by atoms with E-state index in [-0.39, 0.29) is 0 Å². The number of hydrogen-bond acceptors (Lipinski definition) is 3. The highest BCUT2D eigenvalue weighted by Crippen LogP contribution is 2.32. The van der Waals surface area contributed by atoms with Crippen LogP contribution in [-0.2, 0) is 0 Å². The lowest BCUT2D eigenvalue weighted by atomic mass is 10.0. The van der Waals surface area contributed by atoms with E-state index in [4.69, 9.17) is 9.47 Å². The van der Waals surface area contributed by atoms with Gasteiger partial charge in [0.15, 0.2) is 0 Å². The Balaban J connectivity index is 2.26. The van der Waals surface area contributed by atoms with Crippen LogP contribution in [0.2, 0.25) is 0 Å². The molecule has 0 bridgehead atoms. The average molecular weight is 235 g/mol. The molecule has 1 aliphatic rings. The maximum Gasteiger partial charge on any atom is 0.123 e. The molecule has 0 radical (unpaired) electrons. The van der Waals surface area contributed by atoms with E-state index in [1.807, 2.05) is 12.1 Å². The summed E-state index contributed by atoms with van der Waals surface area (Å²) in [4.78, 5) is 0. The van der Waals surface area contributed by atoms with Crippen molar-refractivity contribution in [2.45, 2.75) is 31.7 Å². The van der Waals surface area contributed by atoms with Crippen molar-refractivity contribution in [3.8, 4) is 11.5 Å². The van der Waals surface area contributed by atoms with E-state index in [0.29, 0.717) is 6.04 Å². The zero-order valence-corrected chi connectivity index (χ0v) is 10.7. The first-order valence-corrected chi connectivity index (χ1v) is 6.30. The van der Waals surface area contributed by atoms with Gasteiger partial charge in [-0.15, -0.1) is 0 Å². The highest BCUT2D eigenvalue weighted by molar-refractivity contribution is 5.42. The van der Waals surface area contributed by atoms with Gasteiger partial charge in [0.05, 0.1) is 14.2 Å². The van der Waals surface area contributed by atoms with E-state index in [0.717, 1.165) is 18.0 Å². The van der Waals surface area contributed by atoms with Crippen LogP contribution in [0.25, 0.3) is 0 Å². The zero-order valence-electron chi connectivity index (χ0n) is 10.7. The summed E-state index contributed by atoms with van der Waals surface area (Å²) in [5, 5.41) is 3.59. The molecule has 17 heavy (non-hydrogen) atoms. The van der Waals surface area contributed by atoms with Crippen molar-refractivity contribution in [2.75, 3.05) is 20.8 Å². The Hall–Kier alpha value is -1.22. The van der Waals surface area contributed by atoms with Gasteiger partial charge in [0.25, 0.3) is 0 Å². The summed E-state index contributed by atoms with van der Waals surface area (Å²) < 4.78 is 10.7. The van der Waals surface area contributed by atoms with E-state index in [2.05, 4.69) is 11.4 Å². The number of methoxy groups -OCH3 is 2. The molecule has 0 amide bonds. The Kier molecular flexibility index (Phi) is 4.26. The summed E-state index contributed by atoms with van der Waals surface area (Å²) >= 11 is 0. The van der Waals surface area contributed by atoms with Gasteiger partial charge in [-0.3, -0.25) is 0 Å². The summed E-state index contributed by atoms with van der Waals surface area (Å²) in [5.74, 6) is 1.84. The minimum atomic E-state index is 0.391. The van der Waals surface area contributed by atoms with Crippen molar-refractivity contribution < 1.29 is 9.47 Å². The first-order valence-electron chi connectivity index (χ1n) is 6.30. The topological polar surface area (TPSA) is 30.5 Å². The third-order valence-electron chi connectivity index (χ3n) is 3.37. The fraction of sp³-hybridized carbons (Fsp3) is 0.571. The molecule has 1 heterocycles. The Morgan fingerprint density at radius 2 is 2.00 bits per heavy atom. The lowest BCUT2D eigenvalue weighted by Gasteiger charge is -2.19. The van der Waals surface area contributed by atoms with Crippen LogP contribution in [0.15, 0.2) is 18.2 Å². The molecule has 0 spiro atoms. The molecule has 1 N–H and O–H groups in total. The molecule has 2 rings (SSSR count). The van der Waals surface area contributed by atoms with Crippen molar-refractivity contribution in [3.05, 3.63) is 23.8 Å². The largest absolute Gasteiger partial charge is 0.497 e. The van der Waals surface area contributed by atoms with Crippen LogP contribution in [0.3, 0.4) is 0 Å². The molecule has 0 aliphatic carbocycles. The van der Waals surface area contributed by atoms with Crippen molar-refractivity contribution in [1.29, 1.82) is 0 Å². The molecule has 1 fully saturated rings. The average Bonchev–Trinajstić information content (AvgIpc) is 2.66. The van der Waals surface area contributed by atoms with Crippen molar-refractivity contribution in [2.24, 2.45) is 0 Å². The SMILES string of the molecule is COc1ccc(OC)c(C2CCCCCN2)c1. The van der Waals surface area contributed by atoms with Crippen LogP contribution >= 0.6 is 0 Å². The highest BCUT2D eigenvalue weighted by atomic mass is 16.5. The third-order valence-corrected chi connectivity index (χ3v) is 3.37. The Morgan fingerprint density at radius 3 is 2.76 bits per heavy atom. The van der Waals surface area contributed by atoms with Gasteiger partial charge in [0.2, 0.25) is 0 Å². The zero-order chi connectivity index (χ0) is 12.1. The molecular weight excluding hydrogens is 214 g/mol. The highest BCUT2D eigenvalue weighted by Gasteiger charge is 2.18. The molecule has 0 aromatic heterocycles. The Morgan fingerprint density at radius 1 is 1.12 bits per heavy atom. The second-order valence-corrected chi connectivity index (χ2v) is 4.46. The van der Waals surface area contributed by atoms with Gasteiger partial charge >= 0.3 is 0 Å². The lowest BCUT2D eigenvalue weighted by Crippen LogP contribution is -2.20. The molecule has 1 saturated heterocycles. The Labute approximate surface area is 103 Å². The van der Waals surface area contributed by atoms with Crippen LogP contribution in [0, 0.1) is 0 Å². The number of nitrogens with one attached hydrogen (secondary N) is 1. The predicted molar refractivity (Wildman–Crippen MR) is 68.8 cm³/mol. The van der Waals surface area contributed by atoms with Crippen molar-refractivity contribution in [1.82, 2.24) is 5.32 Å². The van der Waals surface area contributed by atoms with Gasteiger partial charge in [-0.1, -0.05) is 12.8 Å². The van der Waals surface area contributed by atoms with E-state index in [9.17, 15) is 0 Å². The van der Waals surface area contributed by atoms with Gasteiger partial charge in [-0.05, 0) is 37.6 Å². The predicted octanol–water partition coefficient (Wildman–Crippen LogP) is 2.91. The molecule has 0 saturated carbocycles. The molecule has 1 atom stereocenters. The van der Waals surface area contributed by atoms with Crippen LogP contribution in [0.5, 0.6) is 11.5 Å². The summed E-state index contributed by atoms with van der Waals surface area (Å²) in [6, 6.07) is 6.41.